The quantitative estimate of drug-likeness (QED) is 0.584. The van der Waals surface area contributed by atoms with Crippen molar-refractivity contribution in [3.8, 4) is 11.5 Å². The maximum atomic E-state index is 13.0. The van der Waals surface area contributed by atoms with Gasteiger partial charge in [-0.15, -0.1) is 23.1 Å². The lowest BCUT2D eigenvalue weighted by Gasteiger charge is -2.25. The van der Waals surface area contributed by atoms with Gasteiger partial charge < -0.3 is 14.4 Å². The third-order valence-corrected chi connectivity index (χ3v) is 7.27. The molecule has 1 saturated heterocycles. The van der Waals surface area contributed by atoms with Gasteiger partial charge in [0.25, 0.3) is 5.56 Å². The van der Waals surface area contributed by atoms with E-state index in [0.717, 1.165) is 42.9 Å². The second-order valence-electron chi connectivity index (χ2n) is 7.64. The molecule has 7 nitrogen and oxygen atoms in total. The molecule has 3 aromatic rings. The number of carbonyl (C=O) groups excluding carboxylic acids is 1. The lowest BCUT2D eigenvalue weighted by Crippen LogP contribution is -2.32. The number of thiazole rings is 1. The van der Waals surface area contributed by atoms with E-state index in [1.807, 2.05) is 28.5 Å². The van der Waals surface area contributed by atoms with E-state index in [0.29, 0.717) is 35.4 Å². The maximum Gasteiger partial charge on any atom is 0.258 e. The first-order valence-corrected chi connectivity index (χ1v) is 12.4. The third kappa shape index (κ3) is 4.29. The van der Waals surface area contributed by atoms with Crippen LogP contribution in [0.15, 0.2) is 40.6 Å². The summed E-state index contributed by atoms with van der Waals surface area (Å²) < 4.78 is 13.1. The van der Waals surface area contributed by atoms with Gasteiger partial charge >= 0.3 is 0 Å². The van der Waals surface area contributed by atoms with Crippen LogP contribution >= 0.6 is 23.1 Å². The number of amides is 1. The number of hydrogen-bond donors (Lipinski definition) is 0. The molecule has 2 aromatic heterocycles. The Hall–Kier alpha value is -2.52. The van der Waals surface area contributed by atoms with Gasteiger partial charge in [0.05, 0.1) is 30.7 Å². The second kappa shape index (κ2) is 8.92. The molecule has 2 aliphatic heterocycles. The van der Waals surface area contributed by atoms with Crippen LogP contribution in [-0.4, -0.2) is 45.7 Å². The molecule has 5 rings (SSSR count). The molecule has 0 aliphatic carbocycles. The normalized spacial score (nSPS) is 18.3. The van der Waals surface area contributed by atoms with Crippen molar-refractivity contribution < 1.29 is 14.3 Å². The molecule has 0 saturated carbocycles. The fraction of sp³-hybridized carbons (Fsp3) is 0.409. The Morgan fingerprint density at radius 3 is 2.97 bits per heavy atom. The van der Waals surface area contributed by atoms with Crippen molar-refractivity contribution in [1.82, 2.24) is 14.3 Å². The second-order valence-corrected chi connectivity index (χ2v) is 9.49. The fourth-order valence-electron chi connectivity index (χ4n) is 4.09. The van der Waals surface area contributed by atoms with Gasteiger partial charge in [0, 0.05) is 36.4 Å². The predicted molar refractivity (Wildman–Crippen MR) is 121 cm³/mol. The minimum Gasteiger partial charge on any atom is -0.490 e. The number of carbonyl (C=O) groups is 1. The average molecular weight is 458 g/mol. The fourth-order valence-corrected chi connectivity index (χ4v) is 5.62. The Bertz CT molecular complexity index is 1160. The number of thioether (sulfide) groups is 1. The number of hydrogen-bond acceptors (Lipinski definition) is 7. The van der Waals surface area contributed by atoms with Crippen LogP contribution in [0, 0.1) is 0 Å². The zero-order valence-corrected chi connectivity index (χ0v) is 18.6. The molecule has 9 heteroatoms. The maximum absolute atomic E-state index is 13.0. The predicted octanol–water partition coefficient (Wildman–Crippen LogP) is 3.51. The van der Waals surface area contributed by atoms with Crippen LogP contribution in [0.1, 0.15) is 36.6 Å². The Labute approximate surface area is 188 Å². The van der Waals surface area contributed by atoms with Gasteiger partial charge in [-0.2, -0.15) is 0 Å². The van der Waals surface area contributed by atoms with Gasteiger partial charge in [-0.25, -0.2) is 4.98 Å². The summed E-state index contributed by atoms with van der Waals surface area (Å²) in [4.78, 5) is 32.2. The van der Waals surface area contributed by atoms with Crippen LogP contribution in [-0.2, 0) is 10.5 Å². The summed E-state index contributed by atoms with van der Waals surface area (Å²) in [7, 11) is 0. The van der Waals surface area contributed by atoms with Gasteiger partial charge in [0.1, 0.15) is 0 Å². The molecular formula is C22H23N3O4S2. The summed E-state index contributed by atoms with van der Waals surface area (Å²) in [5.41, 5.74) is 1.73. The lowest BCUT2D eigenvalue weighted by molar-refractivity contribution is -0.129. The van der Waals surface area contributed by atoms with Crippen LogP contribution in [0.3, 0.4) is 0 Å². The topological polar surface area (TPSA) is 73.1 Å². The summed E-state index contributed by atoms with van der Waals surface area (Å²) in [6, 6.07) is 7.64. The minimum atomic E-state index is -0.0813. The Morgan fingerprint density at radius 1 is 1.19 bits per heavy atom. The molecule has 1 unspecified atom stereocenters. The number of fused-ring (bicyclic) bond motifs is 2. The molecule has 1 amide bonds. The summed E-state index contributed by atoms with van der Waals surface area (Å²) in [5, 5.41) is 1.84. The average Bonchev–Trinajstić information content (AvgIpc) is 3.39. The highest BCUT2D eigenvalue weighted by Crippen LogP contribution is 2.38. The number of nitrogens with zero attached hydrogens (tertiary/aromatic N) is 3. The van der Waals surface area contributed by atoms with E-state index < -0.39 is 0 Å². The van der Waals surface area contributed by atoms with Crippen molar-refractivity contribution >= 4 is 34.0 Å². The van der Waals surface area contributed by atoms with Crippen molar-refractivity contribution in [3.05, 3.63) is 57.5 Å². The Kier molecular flexibility index (Phi) is 5.87. The van der Waals surface area contributed by atoms with Crippen LogP contribution in [0.4, 0.5) is 0 Å². The number of aromatic nitrogens is 2. The monoisotopic (exact) mass is 457 g/mol. The molecule has 162 valence electrons. The van der Waals surface area contributed by atoms with E-state index in [2.05, 4.69) is 4.98 Å². The lowest BCUT2D eigenvalue weighted by atomic mass is 10.0. The highest BCUT2D eigenvalue weighted by Gasteiger charge is 2.30. The van der Waals surface area contributed by atoms with Crippen molar-refractivity contribution in [2.75, 3.05) is 25.5 Å². The van der Waals surface area contributed by atoms with Crippen molar-refractivity contribution in [2.45, 2.75) is 31.1 Å². The largest absolute Gasteiger partial charge is 0.490 e. The molecule has 1 fully saturated rings. The van der Waals surface area contributed by atoms with E-state index in [1.165, 1.54) is 27.5 Å². The van der Waals surface area contributed by atoms with Gasteiger partial charge in [0.2, 0.25) is 5.91 Å². The summed E-state index contributed by atoms with van der Waals surface area (Å²) >= 11 is 2.94. The van der Waals surface area contributed by atoms with Gasteiger partial charge in [-0.3, -0.25) is 14.0 Å². The van der Waals surface area contributed by atoms with E-state index >= 15 is 0 Å². The van der Waals surface area contributed by atoms with Gasteiger partial charge in [-0.05, 0) is 30.5 Å². The van der Waals surface area contributed by atoms with E-state index in [-0.39, 0.29) is 17.5 Å². The number of rotatable bonds is 5. The molecular weight excluding hydrogens is 434 g/mol. The van der Waals surface area contributed by atoms with Crippen LogP contribution < -0.4 is 15.0 Å². The zero-order chi connectivity index (χ0) is 21.2. The molecule has 1 aromatic carbocycles. The van der Waals surface area contributed by atoms with Crippen LogP contribution in [0.5, 0.6) is 11.5 Å². The molecule has 0 N–H and O–H groups in total. The minimum absolute atomic E-state index is 0.0653. The molecule has 4 heterocycles. The number of likely N-dealkylation sites (tertiary alicyclic amines) is 1. The van der Waals surface area contributed by atoms with Gasteiger partial charge in [-0.1, -0.05) is 6.07 Å². The van der Waals surface area contributed by atoms with E-state index in [1.54, 1.807) is 12.3 Å². The molecule has 31 heavy (non-hydrogen) atoms. The first-order chi connectivity index (χ1) is 15.2. The molecule has 1 atom stereocenters. The van der Waals surface area contributed by atoms with Crippen molar-refractivity contribution in [1.29, 1.82) is 0 Å². The van der Waals surface area contributed by atoms with Crippen molar-refractivity contribution in [2.24, 2.45) is 0 Å². The Balaban J connectivity index is 1.23. The highest BCUT2D eigenvalue weighted by atomic mass is 32.2. The first kappa shape index (κ1) is 20.4. The molecule has 0 spiro atoms. The molecule has 0 radical (unpaired) electrons. The molecule has 0 bridgehead atoms. The molecule has 2 aliphatic rings. The highest BCUT2D eigenvalue weighted by molar-refractivity contribution is 7.99. The number of benzene rings is 1. The van der Waals surface area contributed by atoms with E-state index in [4.69, 9.17) is 9.47 Å². The number of ether oxygens (including phenoxy) is 2. The SMILES string of the molecule is O=C(CSCc1cc(=O)n2ccsc2n1)N1CCCC1c1ccc2c(c1)OCCCO2. The van der Waals surface area contributed by atoms with Crippen LogP contribution in [0.25, 0.3) is 4.96 Å². The van der Waals surface area contributed by atoms with E-state index in [9.17, 15) is 9.59 Å². The smallest absolute Gasteiger partial charge is 0.258 e. The Morgan fingerprint density at radius 2 is 2.06 bits per heavy atom. The standard InChI is InChI=1S/C22H23N3O4S2/c26-20-12-16(23-22-25(20)7-10-31-22)13-30-14-21(27)24-6-1-3-17(24)15-4-5-18-19(11-15)29-9-2-8-28-18/h4-5,7,10-12,17H,1-3,6,8-9,13-14H2. The summed E-state index contributed by atoms with van der Waals surface area (Å²) in [5.74, 6) is 2.57. The van der Waals surface area contributed by atoms with Crippen LogP contribution in [0.2, 0.25) is 0 Å². The van der Waals surface area contributed by atoms with Gasteiger partial charge in [0.15, 0.2) is 16.5 Å². The third-order valence-electron chi connectivity index (χ3n) is 5.56. The summed E-state index contributed by atoms with van der Waals surface area (Å²) in [6.07, 6.45) is 4.53. The van der Waals surface area contributed by atoms with Crippen molar-refractivity contribution in [3.63, 3.8) is 0 Å². The first-order valence-electron chi connectivity index (χ1n) is 10.4. The zero-order valence-electron chi connectivity index (χ0n) is 17.0. The summed E-state index contributed by atoms with van der Waals surface area (Å²) in [6.45, 7) is 2.08.